The molecule has 6 heteroatoms. The summed E-state index contributed by atoms with van der Waals surface area (Å²) < 4.78 is 0.838. The van der Waals surface area contributed by atoms with Crippen molar-refractivity contribution in [2.24, 2.45) is 0 Å². The van der Waals surface area contributed by atoms with Gasteiger partial charge in [0.2, 0.25) is 0 Å². The van der Waals surface area contributed by atoms with Gasteiger partial charge in [-0.1, -0.05) is 15.9 Å². The molecule has 0 spiro atoms. The zero-order valence-corrected chi connectivity index (χ0v) is 11.3. The molecule has 88 valence electrons. The number of nitro benzene ring substituents is 1. The predicted molar refractivity (Wildman–Crippen MR) is 72.3 cm³/mol. The van der Waals surface area contributed by atoms with Gasteiger partial charge in [0, 0.05) is 17.1 Å². The van der Waals surface area contributed by atoms with Crippen molar-refractivity contribution in [1.82, 2.24) is 0 Å². The first-order valence-corrected chi connectivity index (χ1v) is 7.00. The second-order valence-electron chi connectivity index (χ2n) is 3.19. The number of nitro groups is 1. The van der Waals surface area contributed by atoms with Gasteiger partial charge in [-0.05, 0) is 30.6 Å². The lowest BCUT2D eigenvalue weighted by molar-refractivity contribution is -0.384. The van der Waals surface area contributed by atoms with Crippen LogP contribution in [0.25, 0.3) is 0 Å². The number of hydrogen-bond acceptors (Lipinski definition) is 4. The Bertz CT molecular complexity index is 374. The second kappa shape index (κ2) is 6.75. The number of nitrogens with one attached hydrogen (secondary N) is 1. The Hall–Kier alpha value is -0.750. The largest absolute Gasteiger partial charge is 0.379 e. The topological polar surface area (TPSA) is 55.2 Å². The van der Waals surface area contributed by atoms with E-state index in [0.717, 1.165) is 23.2 Å². The van der Waals surface area contributed by atoms with E-state index < -0.39 is 0 Å². The summed E-state index contributed by atoms with van der Waals surface area (Å²) in [5.74, 6) is 1.05. The number of thioether (sulfide) groups is 1. The summed E-state index contributed by atoms with van der Waals surface area (Å²) in [4.78, 5) is 10.4. The molecule has 0 aliphatic carbocycles. The Morgan fingerprint density at radius 1 is 1.56 bits per heavy atom. The third-order valence-electron chi connectivity index (χ3n) is 2.00. The van der Waals surface area contributed by atoms with Crippen molar-refractivity contribution in [3.63, 3.8) is 0 Å². The molecule has 1 aromatic carbocycles. The molecule has 1 N–H and O–H groups in total. The normalized spacial score (nSPS) is 10.1. The van der Waals surface area contributed by atoms with E-state index in [1.54, 1.807) is 23.9 Å². The average molecular weight is 305 g/mol. The van der Waals surface area contributed by atoms with Crippen LogP contribution in [0.5, 0.6) is 0 Å². The molecule has 0 aromatic heterocycles. The highest BCUT2D eigenvalue weighted by Crippen LogP contribution is 2.27. The molecule has 1 rings (SSSR count). The summed E-state index contributed by atoms with van der Waals surface area (Å²) in [7, 11) is 0. The van der Waals surface area contributed by atoms with Crippen LogP contribution in [0.2, 0.25) is 0 Å². The number of anilines is 1. The first-order valence-electron chi connectivity index (χ1n) is 4.82. The fourth-order valence-corrected chi connectivity index (χ4v) is 2.04. The van der Waals surface area contributed by atoms with Gasteiger partial charge in [0.1, 0.15) is 5.69 Å². The van der Waals surface area contributed by atoms with E-state index in [-0.39, 0.29) is 10.6 Å². The number of halogens is 1. The maximum atomic E-state index is 10.8. The SMILES string of the molecule is CSCCCNc1cc(Br)ccc1[N+](=O)[O-]. The van der Waals surface area contributed by atoms with Gasteiger partial charge in [0.05, 0.1) is 4.92 Å². The van der Waals surface area contributed by atoms with Gasteiger partial charge in [-0.2, -0.15) is 11.8 Å². The number of benzene rings is 1. The smallest absolute Gasteiger partial charge is 0.292 e. The number of nitrogens with zero attached hydrogens (tertiary/aromatic N) is 1. The minimum Gasteiger partial charge on any atom is -0.379 e. The number of hydrogen-bond donors (Lipinski definition) is 1. The van der Waals surface area contributed by atoms with Crippen LogP contribution in [0.4, 0.5) is 11.4 Å². The van der Waals surface area contributed by atoms with E-state index in [9.17, 15) is 10.1 Å². The molecule has 4 nitrogen and oxygen atoms in total. The van der Waals surface area contributed by atoms with Crippen LogP contribution in [-0.2, 0) is 0 Å². The van der Waals surface area contributed by atoms with Crippen LogP contribution in [-0.4, -0.2) is 23.5 Å². The molecular formula is C10H13BrN2O2S. The van der Waals surface area contributed by atoms with Crippen LogP contribution in [0, 0.1) is 10.1 Å². The molecule has 0 saturated heterocycles. The fourth-order valence-electron chi connectivity index (χ4n) is 1.25. The van der Waals surface area contributed by atoms with Crippen molar-refractivity contribution in [1.29, 1.82) is 0 Å². The van der Waals surface area contributed by atoms with Gasteiger partial charge >= 0.3 is 0 Å². The van der Waals surface area contributed by atoms with Crippen LogP contribution in [0.15, 0.2) is 22.7 Å². The van der Waals surface area contributed by atoms with Crippen LogP contribution < -0.4 is 5.32 Å². The molecule has 0 bridgehead atoms. The van der Waals surface area contributed by atoms with Crippen molar-refractivity contribution in [2.75, 3.05) is 23.9 Å². The minimum absolute atomic E-state index is 0.118. The maximum Gasteiger partial charge on any atom is 0.292 e. The lowest BCUT2D eigenvalue weighted by Crippen LogP contribution is -2.05. The Labute approximate surface area is 107 Å². The van der Waals surface area contributed by atoms with Crippen molar-refractivity contribution in [3.8, 4) is 0 Å². The Balaban J connectivity index is 2.68. The van der Waals surface area contributed by atoms with Crippen molar-refractivity contribution in [3.05, 3.63) is 32.8 Å². The third kappa shape index (κ3) is 4.02. The van der Waals surface area contributed by atoms with E-state index in [1.807, 2.05) is 6.26 Å². The van der Waals surface area contributed by atoms with Crippen LogP contribution in [0.1, 0.15) is 6.42 Å². The standard InChI is InChI=1S/C10H13BrN2O2S/c1-16-6-2-5-12-9-7-8(11)3-4-10(9)13(14)15/h3-4,7,12H,2,5-6H2,1H3. The fraction of sp³-hybridized carbons (Fsp3) is 0.400. The van der Waals surface area contributed by atoms with Gasteiger partial charge in [0.25, 0.3) is 5.69 Å². The lowest BCUT2D eigenvalue weighted by atomic mass is 10.2. The van der Waals surface area contributed by atoms with Crippen LogP contribution in [0.3, 0.4) is 0 Å². The quantitative estimate of drug-likeness (QED) is 0.496. The van der Waals surface area contributed by atoms with E-state index in [0.29, 0.717) is 5.69 Å². The van der Waals surface area contributed by atoms with E-state index >= 15 is 0 Å². The molecule has 16 heavy (non-hydrogen) atoms. The monoisotopic (exact) mass is 304 g/mol. The maximum absolute atomic E-state index is 10.8. The molecular weight excluding hydrogens is 292 g/mol. The summed E-state index contributed by atoms with van der Waals surface area (Å²) in [5, 5.41) is 13.9. The average Bonchev–Trinajstić information content (AvgIpc) is 2.24. The Morgan fingerprint density at radius 2 is 2.31 bits per heavy atom. The van der Waals surface area contributed by atoms with Gasteiger partial charge in [-0.3, -0.25) is 10.1 Å². The predicted octanol–water partition coefficient (Wildman–Crippen LogP) is 3.52. The van der Waals surface area contributed by atoms with Gasteiger partial charge in [0.15, 0.2) is 0 Å². The molecule has 0 heterocycles. The zero-order valence-electron chi connectivity index (χ0n) is 8.90. The van der Waals surface area contributed by atoms with Gasteiger partial charge in [-0.15, -0.1) is 0 Å². The van der Waals surface area contributed by atoms with E-state index in [4.69, 9.17) is 0 Å². The molecule has 0 amide bonds. The Kier molecular flexibility index (Phi) is 5.62. The number of rotatable bonds is 6. The first kappa shape index (κ1) is 13.3. The van der Waals surface area contributed by atoms with E-state index in [1.165, 1.54) is 6.07 Å². The zero-order chi connectivity index (χ0) is 12.0. The van der Waals surface area contributed by atoms with Crippen molar-refractivity contribution < 1.29 is 4.92 Å². The third-order valence-corrected chi connectivity index (χ3v) is 3.19. The summed E-state index contributed by atoms with van der Waals surface area (Å²) in [6, 6.07) is 4.91. The van der Waals surface area contributed by atoms with Crippen molar-refractivity contribution in [2.45, 2.75) is 6.42 Å². The second-order valence-corrected chi connectivity index (χ2v) is 5.09. The molecule has 0 fully saturated rings. The molecule has 0 atom stereocenters. The Morgan fingerprint density at radius 3 is 2.94 bits per heavy atom. The molecule has 0 unspecified atom stereocenters. The summed E-state index contributed by atoms with van der Waals surface area (Å²) in [6.07, 6.45) is 3.03. The lowest BCUT2D eigenvalue weighted by Gasteiger charge is -2.06. The molecule has 1 aromatic rings. The molecule has 0 aliphatic rings. The van der Waals surface area contributed by atoms with Gasteiger partial charge < -0.3 is 5.32 Å². The highest BCUT2D eigenvalue weighted by Gasteiger charge is 2.12. The summed E-state index contributed by atoms with van der Waals surface area (Å²) in [6.45, 7) is 0.748. The van der Waals surface area contributed by atoms with Crippen molar-refractivity contribution >= 4 is 39.1 Å². The highest BCUT2D eigenvalue weighted by molar-refractivity contribution is 9.10. The van der Waals surface area contributed by atoms with Gasteiger partial charge in [-0.25, -0.2) is 0 Å². The molecule has 0 saturated carbocycles. The molecule has 0 aliphatic heterocycles. The summed E-state index contributed by atoms with van der Waals surface area (Å²) in [5.41, 5.74) is 0.688. The first-order chi connectivity index (χ1) is 7.65. The highest BCUT2D eigenvalue weighted by atomic mass is 79.9. The molecule has 0 radical (unpaired) electrons. The van der Waals surface area contributed by atoms with E-state index in [2.05, 4.69) is 21.2 Å². The minimum atomic E-state index is -0.372. The van der Waals surface area contributed by atoms with Crippen LogP contribution >= 0.6 is 27.7 Å². The summed E-state index contributed by atoms with van der Waals surface area (Å²) >= 11 is 5.07.